The van der Waals surface area contributed by atoms with Gasteiger partial charge in [0.25, 0.3) is 5.91 Å². The lowest BCUT2D eigenvalue weighted by Crippen LogP contribution is -2.12. The zero-order chi connectivity index (χ0) is 24.1. The second-order valence-corrected chi connectivity index (χ2v) is 8.56. The highest BCUT2D eigenvalue weighted by Gasteiger charge is 2.16. The fourth-order valence-electron chi connectivity index (χ4n) is 3.44. The molecule has 174 valence electrons. The van der Waals surface area contributed by atoms with Crippen LogP contribution in [0, 0.1) is 0 Å². The van der Waals surface area contributed by atoms with Crippen molar-refractivity contribution in [2.24, 2.45) is 0 Å². The smallest absolute Gasteiger partial charge is 0.257 e. The van der Waals surface area contributed by atoms with E-state index >= 15 is 0 Å². The summed E-state index contributed by atoms with van der Waals surface area (Å²) in [7, 11) is 4.73. The number of benzene rings is 3. The standard InChI is InChI=1S/C21H22N2O4S.C6H4/c1-5-18-19(13-6-9-15(25-2)10-7-13)22-21(28-18)23-20(24)14-8-11-16(26-3)17(12-14)27-4;1-2-5-4-6(5)3-1/h6-12H,5H2,1-4H3,(H,22,23,24);1-4H. The molecule has 1 aromatic heterocycles. The maximum absolute atomic E-state index is 12.7. The predicted molar refractivity (Wildman–Crippen MR) is 136 cm³/mol. The first-order chi connectivity index (χ1) is 16.6. The monoisotopic (exact) mass is 474 g/mol. The Kier molecular flexibility index (Phi) is 7.13. The Balaban J connectivity index is 0.000000388. The number of methoxy groups -OCH3 is 3. The molecule has 0 saturated heterocycles. The summed E-state index contributed by atoms with van der Waals surface area (Å²) in [5, 5.41) is 3.44. The average Bonchev–Trinajstić information content (AvgIpc) is 3.27. The van der Waals surface area contributed by atoms with Crippen molar-refractivity contribution in [3.05, 3.63) is 77.2 Å². The Hall–Kier alpha value is -3.84. The van der Waals surface area contributed by atoms with Gasteiger partial charge < -0.3 is 14.2 Å². The minimum Gasteiger partial charge on any atom is -0.497 e. The number of carbonyl (C=O) groups is 1. The minimum atomic E-state index is -0.251. The van der Waals surface area contributed by atoms with Crippen LogP contribution < -0.4 is 19.5 Å². The quantitative estimate of drug-likeness (QED) is 0.299. The van der Waals surface area contributed by atoms with Gasteiger partial charge in [0.2, 0.25) is 0 Å². The molecule has 0 radical (unpaired) electrons. The number of thiazole rings is 1. The summed E-state index contributed by atoms with van der Waals surface area (Å²) >= 11 is 1.47. The van der Waals surface area contributed by atoms with Gasteiger partial charge in [-0.15, -0.1) is 11.3 Å². The van der Waals surface area contributed by atoms with Crippen molar-refractivity contribution in [2.75, 3.05) is 26.6 Å². The average molecular weight is 475 g/mol. The SMILES string of the molecule is CCc1sc(NC(=O)c2ccc(OC)c(OC)c2)nc1-c1ccc(OC)cc1.c1cc2cc-2c1. The van der Waals surface area contributed by atoms with Crippen LogP contribution in [0.4, 0.5) is 5.13 Å². The van der Waals surface area contributed by atoms with Gasteiger partial charge in [-0.25, -0.2) is 4.98 Å². The maximum atomic E-state index is 12.7. The van der Waals surface area contributed by atoms with Gasteiger partial charge in [-0.2, -0.15) is 0 Å². The lowest BCUT2D eigenvalue weighted by molar-refractivity contribution is 0.102. The first-order valence-corrected chi connectivity index (χ1v) is 11.7. The molecule has 2 aromatic carbocycles. The topological polar surface area (TPSA) is 69.7 Å². The Morgan fingerprint density at radius 3 is 2.09 bits per heavy atom. The van der Waals surface area contributed by atoms with Crippen LogP contribution in [-0.4, -0.2) is 32.2 Å². The third-order valence-electron chi connectivity index (χ3n) is 5.36. The molecule has 0 atom stereocenters. The summed E-state index contributed by atoms with van der Waals surface area (Å²) in [6.07, 6.45) is 0.825. The highest BCUT2D eigenvalue weighted by atomic mass is 32.1. The zero-order valence-electron chi connectivity index (χ0n) is 19.5. The molecule has 2 aliphatic rings. The summed E-state index contributed by atoms with van der Waals surface area (Å²) in [5.41, 5.74) is 5.18. The van der Waals surface area contributed by atoms with Crippen LogP contribution in [0.25, 0.3) is 22.4 Å². The molecule has 2 aliphatic carbocycles. The molecule has 0 unspecified atom stereocenters. The van der Waals surface area contributed by atoms with Crippen LogP contribution >= 0.6 is 11.3 Å². The van der Waals surface area contributed by atoms with E-state index in [0.717, 1.165) is 28.3 Å². The summed E-state index contributed by atoms with van der Waals surface area (Å²) < 4.78 is 15.7. The third-order valence-corrected chi connectivity index (χ3v) is 6.48. The molecule has 0 bridgehead atoms. The second kappa shape index (κ2) is 10.4. The normalized spacial score (nSPS) is 10.6. The molecular weight excluding hydrogens is 448 g/mol. The van der Waals surface area contributed by atoms with Gasteiger partial charge in [0.1, 0.15) is 5.75 Å². The largest absolute Gasteiger partial charge is 0.497 e. The van der Waals surface area contributed by atoms with Crippen LogP contribution in [-0.2, 0) is 6.42 Å². The lowest BCUT2D eigenvalue weighted by atomic mass is 10.1. The molecule has 6 nitrogen and oxygen atoms in total. The van der Waals surface area contributed by atoms with Crippen molar-refractivity contribution in [1.29, 1.82) is 0 Å². The summed E-state index contributed by atoms with van der Waals surface area (Å²) in [5.74, 6) is 1.61. The van der Waals surface area contributed by atoms with Crippen LogP contribution in [0.1, 0.15) is 22.2 Å². The van der Waals surface area contributed by atoms with Crippen molar-refractivity contribution < 1.29 is 19.0 Å². The minimum absolute atomic E-state index is 0.251. The lowest BCUT2D eigenvalue weighted by Gasteiger charge is -2.09. The van der Waals surface area contributed by atoms with E-state index in [0.29, 0.717) is 22.2 Å². The van der Waals surface area contributed by atoms with E-state index in [2.05, 4.69) is 41.5 Å². The molecule has 1 amide bonds. The predicted octanol–water partition coefficient (Wildman–Crippen LogP) is 6.32. The van der Waals surface area contributed by atoms with E-state index in [1.807, 2.05) is 24.3 Å². The number of aryl methyl sites for hydroxylation is 1. The number of rotatable bonds is 7. The number of aromatic nitrogens is 1. The Morgan fingerprint density at radius 1 is 0.853 bits per heavy atom. The Bertz CT molecular complexity index is 1280. The number of ether oxygens (including phenoxy) is 3. The summed E-state index contributed by atoms with van der Waals surface area (Å²) in [6, 6.07) is 21.2. The molecule has 1 N–H and O–H groups in total. The number of carbonyl (C=O) groups excluding carboxylic acids is 1. The van der Waals surface area contributed by atoms with Crippen molar-refractivity contribution in [2.45, 2.75) is 13.3 Å². The first kappa shape index (κ1) is 23.3. The van der Waals surface area contributed by atoms with E-state index in [1.165, 1.54) is 29.6 Å². The van der Waals surface area contributed by atoms with E-state index < -0.39 is 0 Å². The van der Waals surface area contributed by atoms with Crippen LogP contribution in [0.3, 0.4) is 0 Å². The molecule has 7 heteroatoms. The fourth-order valence-corrected chi connectivity index (χ4v) is 4.36. The number of fused-ring (bicyclic) bond motifs is 1. The number of nitrogens with one attached hydrogen (secondary N) is 1. The van der Waals surface area contributed by atoms with Gasteiger partial charge in [0, 0.05) is 16.0 Å². The van der Waals surface area contributed by atoms with Crippen LogP contribution in [0.2, 0.25) is 0 Å². The number of anilines is 1. The van der Waals surface area contributed by atoms with Crippen molar-refractivity contribution in [1.82, 2.24) is 4.98 Å². The Morgan fingerprint density at radius 2 is 1.56 bits per heavy atom. The van der Waals surface area contributed by atoms with Crippen LogP contribution in [0.15, 0.2) is 66.7 Å². The van der Waals surface area contributed by atoms with Gasteiger partial charge in [-0.3, -0.25) is 10.1 Å². The number of amides is 1. The third kappa shape index (κ3) is 5.21. The van der Waals surface area contributed by atoms with E-state index in [1.54, 1.807) is 32.4 Å². The summed E-state index contributed by atoms with van der Waals surface area (Å²) in [4.78, 5) is 18.4. The zero-order valence-corrected chi connectivity index (χ0v) is 20.4. The summed E-state index contributed by atoms with van der Waals surface area (Å²) in [6.45, 7) is 2.07. The molecule has 34 heavy (non-hydrogen) atoms. The van der Waals surface area contributed by atoms with Crippen LogP contribution in [0.5, 0.6) is 17.2 Å². The number of nitrogens with zero attached hydrogens (tertiary/aromatic N) is 1. The van der Waals surface area contributed by atoms with Gasteiger partial charge >= 0.3 is 0 Å². The number of hydrogen-bond donors (Lipinski definition) is 1. The highest BCUT2D eigenvalue weighted by Crippen LogP contribution is 2.34. The van der Waals surface area contributed by atoms with E-state index in [-0.39, 0.29) is 5.91 Å². The molecule has 1 heterocycles. The van der Waals surface area contributed by atoms with Crippen molar-refractivity contribution >= 4 is 22.4 Å². The highest BCUT2D eigenvalue weighted by molar-refractivity contribution is 7.16. The van der Waals surface area contributed by atoms with Crippen molar-refractivity contribution in [3.63, 3.8) is 0 Å². The molecule has 0 saturated carbocycles. The molecule has 0 spiro atoms. The maximum Gasteiger partial charge on any atom is 0.257 e. The van der Waals surface area contributed by atoms with E-state index in [4.69, 9.17) is 14.2 Å². The molecular formula is C27H26N2O4S. The van der Waals surface area contributed by atoms with E-state index in [9.17, 15) is 4.79 Å². The van der Waals surface area contributed by atoms with Gasteiger partial charge in [-0.05, 0) is 66.1 Å². The first-order valence-electron chi connectivity index (χ1n) is 10.8. The van der Waals surface area contributed by atoms with Gasteiger partial charge in [-0.1, -0.05) is 25.1 Å². The Labute approximate surface area is 203 Å². The second-order valence-electron chi connectivity index (χ2n) is 7.48. The number of hydrogen-bond acceptors (Lipinski definition) is 6. The van der Waals surface area contributed by atoms with Crippen molar-refractivity contribution in [3.8, 4) is 39.6 Å². The molecule has 0 fully saturated rings. The van der Waals surface area contributed by atoms with Gasteiger partial charge in [0.05, 0.1) is 27.0 Å². The molecule has 0 aliphatic heterocycles. The fraction of sp³-hybridized carbons (Fsp3) is 0.185. The molecule has 5 rings (SSSR count). The molecule has 3 aromatic rings. The van der Waals surface area contributed by atoms with Gasteiger partial charge in [0.15, 0.2) is 16.6 Å².